The van der Waals surface area contributed by atoms with Gasteiger partial charge in [-0.3, -0.25) is 0 Å². The predicted octanol–water partition coefficient (Wildman–Crippen LogP) is 3.78. The minimum absolute atomic E-state index is 0.337. The highest BCUT2D eigenvalue weighted by molar-refractivity contribution is 7.91. The summed E-state index contributed by atoms with van der Waals surface area (Å²) in [5, 5.41) is 0. The van der Waals surface area contributed by atoms with E-state index in [0.717, 1.165) is 17.7 Å². The Bertz CT molecular complexity index is 663. The lowest BCUT2D eigenvalue weighted by Gasteiger charge is -2.12. The van der Waals surface area contributed by atoms with Crippen molar-refractivity contribution >= 4 is 21.4 Å². The summed E-state index contributed by atoms with van der Waals surface area (Å²) in [4.78, 5) is 1.09. The Labute approximate surface area is 131 Å². The summed E-state index contributed by atoms with van der Waals surface area (Å²) in [6.07, 6.45) is 1.65. The van der Waals surface area contributed by atoms with Crippen LogP contribution >= 0.6 is 11.3 Å². The van der Waals surface area contributed by atoms with Crippen molar-refractivity contribution < 1.29 is 8.42 Å². The van der Waals surface area contributed by atoms with Crippen LogP contribution in [0.25, 0.3) is 0 Å². The van der Waals surface area contributed by atoms with Crippen molar-refractivity contribution in [3.8, 4) is 0 Å². The normalized spacial score (nSPS) is 13.2. The second-order valence-electron chi connectivity index (χ2n) is 5.07. The van der Waals surface area contributed by atoms with Crippen LogP contribution < -0.4 is 4.72 Å². The highest BCUT2D eigenvalue weighted by Crippen LogP contribution is 2.22. The number of thiophene rings is 1. The second-order valence-corrected chi connectivity index (χ2v) is 8.23. The van der Waals surface area contributed by atoms with Crippen molar-refractivity contribution in [3.05, 3.63) is 52.9 Å². The first-order valence-corrected chi connectivity index (χ1v) is 9.46. The fourth-order valence-corrected chi connectivity index (χ4v) is 4.51. The SMILES string of the molecule is CCc1ccc(S(=O)(=O)NCCC(C)c2ccccc2)s1. The first-order chi connectivity index (χ1) is 10.0. The summed E-state index contributed by atoms with van der Waals surface area (Å²) in [6, 6.07) is 13.7. The fraction of sp³-hybridized carbons (Fsp3) is 0.375. The molecule has 2 aromatic rings. The molecule has 0 aliphatic rings. The van der Waals surface area contributed by atoms with Crippen LogP contribution in [0.1, 0.15) is 36.6 Å². The van der Waals surface area contributed by atoms with E-state index >= 15 is 0 Å². The van der Waals surface area contributed by atoms with E-state index in [0.29, 0.717) is 16.7 Å². The molecular weight excluding hydrogens is 302 g/mol. The van der Waals surface area contributed by atoms with Crippen LogP contribution in [0.15, 0.2) is 46.7 Å². The summed E-state index contributed by atoms with van der Waals surface area (Å²) in [6.45, 7) is 4.60. The van der Waals surface area contributed by atoms with Gasteiger partial charge in [0.1, 0.15) is 4.21 Å². The molecule has 0 amide bonds. The largest absolute Gasteiger partial charge is 0.250 e. The highest BCUT2D eigenvalue weighted by Gasteiger charge is 2.16. The van der Waals surface area contributed by atoms with Crippen molar-refractivity contribution in [2.45, 2.75) is 36.8 Å². The molecule has 114 valence electrons. The average Bonchev–Trinajstić information content (AvgIpc) is 2.98. The molecule has 0 saturated carbocycles. The number of nitrogens with one attached hydrogen (secondary N) is 1. The van der Waals surface area contributed by atoms with Crippen molar-refractivity contribution in [3.63, 3.8) is 0 Å². The number of benzene rings is 1. The van der Waals surface area contributed by atoms with Crippen LogP contribution in [-0.2, 0) is 16.4 Å². The Hall–Kier alpha value is -1.17. The zero-order valence-corrected chi connectivity index (χ0v) is 14.0. The molecule has 1 atom stereocenters. The van der Waals surface area contributed by atoms with Crippen molar-refractivity contribution in [1.29, 1.82) is 0 Å². The van der Waals surface area contributed by atoms with Gasteiger partial charge in [0.05, 0.1) is 0 Å². The van der Waals surface area contributed by atoms with E-state index in [1.165, 1.54) is 16.9 Å². The molecule has 1 unspecified atom stereocenters. The first-order valence-electron chi connectivity index (χ1n) is 7.16. The molecule has 0 radical (unpaired) electrons. The number of rotatable bonds is 7. The van der Waals surface area contributed by atoms with Gasteiger partial charge in [0, 0.05) is 11.4 Å². The van der Waals surface area contributed by atoms with Crippen molar-refractivity contribution in [1.82, 2.24) is 4.72 Å². The van der Waals surface area contributed by atoms with E-state index in [2.05, 4.69) is 23.8 Å². The van der Waals surface area contributed by atoms with E-state index in [9.17, 15) is 8.42 Å². The monoisotopic (exact) mass is 323 g/mol. The molecule has 0 aliphatic heterocycles. The maximum Gasteiger partial charge on any atom is 0.250 e. The zero-order valence-electron chi connectivity index (χ0n) is 12.4. The molecule has 1 heterocycles. The van der Waals surface area contributed by atoms with Gasteiger partial charge in [0.15, 0.2) is 0 Å². The number of hydrogen-bond donors (Lipinski definition) is 1. The lowest BCUT2D eigenvalue weighted by molar-refractivity contribution is 0.574. The van der Waals surface area contributed by atoms with Gasteiger partial charge in [-0.2, -0.15) is 0 Å². The molecule has 21 heavy (non-hydrogen) atoms. The topological polar surface area (TPSA) is 46.2 Å². The molecule has 0 bridgehead atoms. The Morgan fingerprint density at radius 2 is 1.86 bits per heavy atom. The van der Waals surface area contributed by atoms with Gasteiger partial charge in [0.2, 0.25) is 10.0 Å². The van der Waals surface area contributed by atoms with Gasteiger partial charge in [0.25, 0.3) is 0 Å². The zero-order chi connectivity index (χ0) is 15.3. The lowest BCUT2D eigenvalue weighted by Crippen LogP contribution is -2.24. The molecule has 0 saturated heterocycles. The maximum absolute atomic E-state index is 12.2. The van der Waals surface area contributed by atoms with Gasteiger partial charge in [-0.1, -0.05) is 44.2 Å². The van der Waals surface area contributed by atoms with Crippen LogP contribution in [0.5, 0.6) is 0 Å². The third-order valence-corrected chi connectivity index (χ3v) is 6.67. The molecule has 3 nitrogen and oxygen atoms in total. The van der Waals surface area contributed by atoms with E-state index in [1.807, 2.05) is 31.2 Å². The van der Waals surface area contributed by atoms with Crippen LogP contribution in [0.2, 0.25) is 0 Å². The Morgan fingerprint density at radius 1 is 1.14 bits per heavy atom. The highest BCUT2D eigenvalue weighted by atomic mass is 32.2. The van der Waals surface area contributed by atoms with Gasteiger partial charge in [-0.15, -0.1) is 11.3 Å². The maximum atomic E-state index is 12.2. The number of aryl methyl sites for hydroxylation is 1. The minimum Gasteiger partial charge on any atom is -0.210 e. The van der Waals surface area contributed by atoms with E-state index in [1.54, 1.807) is 6.07 Å². The Morgan fingerprint density at radius 3 is 2.48 bits per heavy atom. The van der Waals surface area contributed by atoms with Gasteiger partial charge < -0.3 is 0 Å². The van der Waals surface area contributed by atoms with Gasteiger partial charge in [-0.25, -0.2) is 13.1 Å². The molecule has 1 aromatic heterocycles. The summed E-state index contributed by atoms with van der Waals surface area (Å²) >= 11 is 1.34. The summed E-state index contributed by atoms with van der Waals surface area (Å²) in [7, 11) is -3.36. The van der Waals surface area contributed by atoms with E-state index in [4.69, 9.17) is 0 Å². The van der Waals surface area contributed by atoms with Crippen LogP contribution in [-0.4, -0.2) is 15.0 Å². The molecule has 5 heteroatoms. The standard InChI is InChI=1S/C16H21NO2S2/c1-3-15-9-10-16(20-15)21(18,19)17-12-11-13(2)14-7-5-4-6-8-14/h4-10,13,17H,3,11-12H2,1-2H3. The summed E-state index contributed by atoms with van der Waals surface area (Å²) < 4.78 is 27.5. The molecule has 0 aliphatic carbocycles. The van der Waals surface area contributed by atoms with Crippen molar-refractivity contribution in [2.24, 2.45) is 0 Å². The quantitative estimate of drug-likeness (QED) is 0.843. The van der Waals surface area contributed by atoms with Gasteiger partial charge in [-0.05, 0) is 36.5 Å². The van der Waals surface area contributed by atoms with Crippen LogP contribution in [0.4, 0.5) is 0 Å². The minimum atomic E-state index is -3.36. The molecule has 2 rings (SSSR count). The molecule has 0 fully saturated rings. The number of hydrogen-bond acceptors (Lipinski definition) is 3. The predicted molar refractivity (Wildman–Crippen MR) is 88.4 cm³/mol. The molecular formula is C16H21NO2S2. The summed E-state index contributed by atoms with van der Waals surface area (Å²) in [5.41, 5.74) is 1.24. The van der Waals surface area contributed by atoms with Gasteiger partial charge >= 0.3 is 0 Å². The van der Waals surface area contributed by atoms with Crippen LogP contribution in [0, 0.1) is 0 Å². The Balaban J connectivity index is 1.90. The smallest absolute Gasteiger partial charge is 0.210 e. The number of sulfonamides is 1. The van der Waals surface area contributed by atoms with E-state index in [-0.39, 0.29) is 0 Å². The molecule has 1 aromatic carbocycles. The van der Waals surface area contributed by atoms with E-state index < -0.39 is 10.0 Å². The fourth-order valence-electron chi connectivity index (χ4n) is 2.12. The second kappa shape index (κ2) is 7.20. The average molecular weight is 323 g/mol. The third kappa shape index (κ3) is 4.40. The Kier molecular flexibility index (Phi) is 5.56. The molecule has 0 spiro atoms. The van der Waals surface area contributed by atoms with Crippen molar-refractivity contribution in [2.75, 3.05) is 6.54 Å². The molecule has 1 N–H and O–H groups in total. The summed E-state index contributed by atoms with van der Waals surface area (Å²) in [5.74, 6) is 0.337. The third-order valence-electron chi connectivity index (χ3n) is 3.49. The first kappa shape index (κ1) is 16.2. The van der Waals surface area contributed by atoms with Crippen LogP contribution in [0.3, 0.4) is 0 Å². The lowest BCUT2D eigenvalue weighted by atomic mass is 9.98.